The number of carbonyl (C=O) groups excluding carboxylic acids is 1. The van der Waals surface area contributed by atoms with E-state index in [1.54, 1.807) is 18.2 Å². The number of carbonyl (C=O) groups is 1. The molecule has 0 saturated heterocycles. The number of nitrogens with zero attached hydrogens (tertiary/aromatic N) is 1. The summed E-state index contributed by atoms with van der Waals surface area (Å²) in [4.78, 5) is 22.0. The standard InChI is InChI=1S/C13H7ClFIN2O3/c14-8-1-2-12(11(16)5-8)17-13(19)7-3-9(15)6-10(4-7)18(20)21/h1-6H,(H,17,19). The molecular formula is C13H7ClFIN2O3. The minimum absolute atomic E-state index is 0.132. The van der Waals surface area contributed by atoms with Crippen molar-refractivity contribution in [2.45, 2.75) is 0 Å². The Labute approximate surface area is 137 Å². The number of benzene rings is 2. The number of hydrogen-bond acceptors (Lipinski definition) is 3. The van der Waals surface area contributed by atoms with E-state index in [4.69, 9.17) is 11.6 Å². The van der Waals surface area contributed by atoms with Crippen LogP contribution in [-0.4, -0.2) is 10.8 Å². The number of nitro groups is 1. The lowest BCUT2D eigenvalue weighted by Gasteiger charge is -2.08. The van der Waals surface area contributed by atoms with Crippen molar-refractivity contribution in [2.24, 2.45) is 0 Å². The van der Waals surface area contributed by atoms with Gasteiger partial charge in [0.1, 0.15) is 5.82 Å². The van der Waals surface area contributed by atoms with Crippen LogP contribution >= 0.6 is 34.2 Å². The summed E-state index contributed by atoms with van der Waals surface area (Å²) in [7, 11) is 0. The van der Waals surface area contributed by atoms with Crippen molar-refractivity contribution in [3.63, 3.8) is 0 Å². The molecule has 0 bridgehead atoms. The van der Waals surface area contributed by atoms with Gasteiger partial charge in [-0.25, -0.2) is 4.39 Å². The van der Waals surface area contributed by atoms with Crippen LogP contribution in [0, 0.1) is 19.5 Å². The zero-order valence-corrected chi connectivity index (χ0v) is 13.2. The molecule has 2 aromatic rings. The Hall–Kier alpha value is -1.74. The molecule has 8 heteroatoms. The van der Waals surface area contributed by atoms with Crippen LogP contribution in [0.1, 0.15) is 10.4 Å². The highest BCUT2D eigenvalue weighted by molar-refractivity contribution is 14.1. The molecule has 2 aromatic carbocycles. The van der Waals surface area contributed by atoms with Crippen molar-refractivity contribution in [1.82, 2.24) is 0 Å². The normalized spacial score (nSPS) is 10.2. The summed E-state index contributed by atoms with van der Waals surface area (Å²) in [5.74, 6) is -1.49. The highest BCUT2D eigenvalue weighted by Crippen LogP contribution is 2.23. The van der Waals surface area contributed by atoms with Crippen LogP contribution < -0.4 is 5.32 Å². The zero-order valence-electron chi connectivity index (χ0n) is 10.3. The van der Waals surface area contributed by atoms with E-state index >= 15 is 0 Å². The molecule has 0 aliphatic carbocycles. The van der Waals surface area contributed by atoms with Gasteiger partial charge in [0.2, 0.25) is 0 Å². The molecule has 2 rings (SSSR count). The molecule has 1 N–H and O–H groups in total. The Kier molecular flexibility index (Phi) is 4.73. The molecule has 1 amide bonds. The Morgan fingerprint density at radius 3 is 2.62 bits per heavy atom. The van der Waals surface area contributed by atoms with Gasteiger partial charge in [0.15, 0.2) is 0 Å². The van der Waals surface area contributed by atoms with Gasteiger partial charge >= 0.3 is 0 Å². The van der Waals surface area contributed by atoms with Crippen molar-refractivity contribution < 1.29 is 14.1 Å². The minimum atomic E-state index is -0.847. The molecule has 21 heavy (non-hydrogen) atoms. The number of rotatable bonds is 3. The number of anilines is 1. The highest BCUT2D eigenvalue weighted by Gasteiger charge is 2.15. The van der Waals surface area contributed by atoms with Gasteiger partial charge < -0.3 is 5.32 Å². The maximum Gasteiger partial charge on any atom is 0.273 e. The number of halogens is 3. The second-order valence-corrected chi connectivity index (χ2v) is 5.63. The molecule has 0 fully saturated rings. The van der Waals surface area contributed by atoms with Crippen LogP contribution in [0.25, 0.3) is 0 Å². The largest absolute Gasteiger partial charge is 0.321 e. The second-order valence-electron chi connectivity index (χ2n) is 4.03. The van der Waals surface area contributed by atoms with E-state index in [1.807, 2.05) is 22.6 Å². The van der Waals surface area contributed by atoms with E-state index in [0.29, 0.717) is 14.3 Å². The Bertz CT molecular complexity index is 739. The van der Waals surface area contributed by atoms with Gasteiger partial charge in [0, 0.05) is 20.2 Å². The predicted molar refractivity (Wildman–Crippen MR) is 85.2 cm³/mol. The lowest BCUT2D eigenvalue weighted by molar-refractivity contribution is -0.385. The van der Waals surface area contributed by atoms with E-state index in [9.17, 15) is 19.3 Å². The molecule has 0 aliphatic rings. The first kappa shape index (κ1) is 15.6. The third-order valence-electron chi connectivity index (χ3n) is 2.53. The number of hydrogen-bond donors (Lipinski definition) is 1. The zero-order chi connectivity index (χ0) is 15.6. The molecule has 108 valence electrons. The number of nitrogens with one attached hydrogen (secondary N) is 1. The summed E-state index contributed by atoms with van der Waals surface area (Å²) in [6.07, 6.45) is 0. The van der Waals surface area contributed by atoms with Crippen molar-refractivity contribution in [2.75, 3.05) is 5.32 Å². The van der Waals surface area contributed by atoms with E-state index in [1.165, 1.54) is 0 Å². The molecule has 0 aliphatic heterocycles. The molecule has 0 unspecified atom stereocenters. The molecule has 0 heterocycles. The van der Waals surface area contributed by atoms with Crippen molar-refractivity contribution in [3.8, 4) is 0 Å². The SMILES string of the molecule is O=C(Nc1ccc(Cl)cc1I)c1cc(F)cc([N+](=O)[O-])c1. The lowest BCUT2D eigenvalue weighted by Crippen LogP contribution is -2.13. The van der Waals surface area contributed by atoms with Crippen LogP contribution in [0.15, 0.2) is 36.4 Å². The van der Waals surface area contributed by atoms with Crippen molar-refractivity contribution in [1.29, 1.82) is 0 Å². The van der Waals surface area contributed by atoms with E-state index in [2.05, 4.69) is 5.32 Å². The first-order valence-electron chi connectivity index (χ1n) is 5.58. The molecule has 0 spiro atoms. The predicted octanol–water partition coefficient (Wildman–Crippen LogP) is 4.24. The molecular weight excluding hydrogens is 414 g/mol. The third-order valence-corrected chi connectivity index (χ3v) is 3.66. The van der Waals surface area contributed by atoms with Gasteiger partial charge in [0.05, 0.1) is 16.7 Å². The monoisotopic (exact) mass is 420 g/mol. The van der Waals surface area contributed by atoms with Gasteiger partial charge in [0.25, 0.3) is 11.6 Å². The number of nitro benzene ring substituents is 1. The molecule has 5 nitrogen and oxygen atoms in total. The van der Waals surface area contributed by atoms with Gasteiger partial charge in [-0.3, -0.25) is 14.9 Å². The topological polar surface area (TPSA) is 72.2 Å². The average Bonchev–Trinajstić information content (AvgIpc) is 2.41. The van der Waals surface area contributed by atoms with Crippen LogP contribution in [0.3, 0.4) is 0 Å². The molecule has 0 radical (unpaired) electrons. The van der Waals surface area contributed by atoms with Gasteiger partial charge in [-0.2, -0.15) is 0 Å². The van der Waals surface area contributed by atoms with Gasteiger partial charge in [-0.1, -0.05) is 11.6 Å². The molecule has 0 saturated carbocycles. The summed E-state index contributed by atoms with van der Waals surface area (Å²) >= 11 is 7.79. The lowest BCUT2D eigenvalue weighted by atomic mass is 10.1. The quantitative estimate of drug-likeness (QED) is 0.458. The maximum atomic E-state index is 13.3. The Balaban J connectivity index is 2.30. The fourth-order valence-electron chi connectivity index (χ4n) is 1.60. The Morgan fingerprint density at radius 2 is 2.00 bits per heavy atom. The number of amides is 1. The summed E-state index contributed by atoms with van der Waals surface area (Å²) < 4.78 is 14.0. The minimum Gasteiger partial charge on any atom is -0.321 e. The fraction of sp³-hybridized carbons (Fsp3) is 0. The van der Waals surface area contributed by atoms with Crippen LogP contribution in [0.5, 0.6) is 0 Å². The Morgan fingerprint density at radius 1 is 1.29 bits per heavy atom. The molecule has 0 aromatic heterocycles. The van der Waals surface area contributed by atoms with Gasteiger partial charge in [-0.05, 0) is 46.9 Å². The van der Waals surface area contributed by atoms with Crippen molar-refractivity contribution >= 4 is 51.5 Å². The smallest absolute Gasteiger partial charge is 0.273 e. The van der Waals surface area contributed by atoms with E-state index in [0.717, 1.165) is 18.2 Å². The molecule has 0 atom stereocenters. The fourth-order valence-corrected chi connectivity index (χ4v) is 2.60. The summed E-state index contributed by atoms with van der Waals surface area (Å²) in [5.41, 5.74) is -0.129. The third kappa shape index (κ3) is 3.88. The highest BCUT2D eigenvalue weighted by atomic mass is 127. The first-order valence-corrected chi connectivity index (χ1v) is 7.04. The van der Waals surface area contributed by atoms with Crippen molar-refractivity contribution in [3.05, 3.63) is 66.5 Å². The first-order chi connectivity index (χ1) is 9.86. The van der Waals surface area contributed by atoms with E-state index < -0.39 is 22.3 Å². The van der Waals surface area contributed by atoms with E-state index in [-0.39, 0.29) is 5.56 Å². The van der Waals surface area contributed by atoms with Crippen LogP contribution in [-0.2, 0) is 0 Å². The second kappa shape index (κ2) is 6.35. The maximum absolute atomic E-state index is 13.3. The summed E-state index contributed by atoms with van der Waals surface area (Å²) in [6, 6.07) is 7.53. The average molecular weight is 421 g/mol. The summed E-state index contributed by atoms with van der Waals surface area (Å²) in [6.45, 7) is 0. The summed E-state index contributed by atoms with van der Waals surface area (Å²) in [5, 5.41) is 13.7. The van der Waals surface area contributed by atoms with Gasteiger partial charge in [-0.15, -0.1) is 0 Å². The number of non-ortho nitro benzene ring substituents is 1. The van der Waals surface area contributed by atoms with Crippen LogP contribution in [0.4, 0.5) is 15.8 Å². The van der Waals surface area contributed by atoms with Crippen LogP contribution in [0.2, 0.25) is 5.02 Å².